The lowest BCUT2D eigenvalue weighted by molar-refractivity contribution is -0.137. The Kier molecular flexibility index (Phi) is 8.95. The van der Waals surface area contributed by atoms with Gasteiger partial charge in [0, 0.05) is 33.2 Å². The van der Waals surface area contributed by atoms with Crippen LogP contribution in [0.3, 0.4) is 0 Å². The van der Waals surface area contributed by atoms with Crippen LogP contribution in [-0.2, 0) is 22.0 Å². The second-order valence-corrected chi connectivity index (χ2v) is 14.6. The van der Waals surface area contributed by atoms with Crippen LogP contribution in [0.1, 0.15) is 67.0 Å². The molecule has 0 aromatic heterocycles. The van der Waals surface area contributed by atoms with Gasteiger partial charge >= 0.3 is 6.18 Å². The number of halogens is 3. The minimum Gasteiger partial charge on any atom is -0.497 e. The third-order valence-corrected chi connectivity index (χ3v) is 11.0. The summed E-state index contributed by atoms with van der Waals surface area (Å²) in [6, 6.07) is 33.6. The van der Waals surface area contributed by atoms with Crippen LogP contribution in [0.2, 0.25) is 0 Å². The van der Waals surface area contributed by atoms with E-state index >= 15 is 0 Å². The second kappa shape index (κ2) is 13.7. The van der Waals surface area contributed by atoms with E-state index in [0.29, 0.717) is 35.8 Å². The lowest BCUT2D eigenvalue weighted by Gasteiger charge is -2.38. The maximum absolute atomic E-state index is 14.2. The number of anilines is 1. The van der Waals surface area contributed by atoms with Gasteiger partial charge in [-0.3, -0.25) is 4.79 Å². The molecule has 1 amide bonds. The topological polar surface area (TPSA) is 56.8 Å². The number of benzene rings is 6. The normalized spacial score (nSPS) is 16.5. The van der Waals surface area contributed by atoms with Gasteiger partial charge in [-0.1, -0.05) is 81.8 Å². The smallest absolute Gasteiger partial charge is 0.416 e. The zero-order valence-electron chi connectivity index (χ0n) is 31.0. The number of carbonyl (C=O) groups excluding carboxylic acids is 1. The molecule has 1 N–H and O–H groups in total. The van der Waals surface area contributed by atoms with Crippen LogP contribution in [-0.4, -0.2) is 20.1 Å². The highest BCUT2D eigenvalue weighted by Gasteiger charge is 2.45. The lowest BCUT2D eigenvalue weighted by Crippen LogP contribution is -2.35. The summed E-state index contributed by atoms with van der Waals surface area (Å²) in [6.07, 6.45) is 2.28. The fourth-order valence-corrected chi connectivity index (χ4v) is 8.12. The summed E-state index contributed by atoms with van der Waals surface area (Å²) in [6.45, 7) is 6.73. The summed E-state index contributed by atoms with van der Waals surface area (Å²) in [7, 11) is 1.63. The molecule has 55 heavy (non-hydrogen) atoms. The van der Waals surface area contributed by atoms with Gasteiger partial charge in [0.25, 0.3) is 0 Å². The molecular formula is C47H40F3NO4. The largest absolute Gasteiger partial charge is 0.497 e. The number of alkyl halides is 3. The number of hydrogen-bond donors (Lipinski definition) is 1. The first-order valence-corrected chi connectivity index (χ1v) is 18.4. The third-order valence-electron chi connectivity index (χ3n) is 11.0. The molecule has 1 aliphatic carbocycles. The first-order chi connectivity index (χ1) is 26.5. The van der Waals surface area contributed by atoms with Gasteiger partial charge in [0.05, 0.1) is 19.3 Å². The lowest BCUT2D eigenvalue weighted by atomic mass is 9.76. The van der Waals surface area contributed by atoms with Gasteiger partial charge in [-0.15, -0.1) is 0 Å². The van der Waals surface area contributed by atoms with Crippen molar-refractivity contribution in [3.05, 3.63) is 149 Å². The van der Waals surface area contributed by atoms with Crippen molar-refractivity contribution in [1.29, 1.82) is 0 Å². The van der Waals surface area contributed by atoms with E-state index in [4.69, 9.17) is 14.2 Å². The number of carbonyl (C=O) groups is 1. The minimum absolute atomic E-state index is 0.612. The fourth-order valence-electron chi connectivity index (χ4n) is 8.12. The minimum atomic E-state index is -4.49. The van der Waals surface area contributed by atoms with Crippen LogP contribution in [0.25, 0.3) is 39.1 Å². The number of rotatable bonds is 10. The van der Waals surface area contributed by atoms with Crippen molar-refractivity contribution in [3.8, 4) is 39.5 Å². The van der Waals surface area contributed by atoms with Crippen LogP contribution in [0.5, 0.6) is 17.2 Å². The molecule has 0 bridgehead atoms. The van der Waals surface area contributed by atoms with Crippen LogP contribution in [0, 0.1) is 0 Å². The second-order valence-electron chi connectivity index (χ2n) is 14.6. The van der Waals surface area contributed by atoms with Gasteiger partial charge in [-0.2, -0.15) is 13.2 Å². The molecule has 6 aromatic carbocycles. The number of amides is 1. The van der Waals surface area contributed by atoms with Crippen molar-refractivity contribution in [2.24, 2.45) is 0 Å². The molecule has 0 saturated carbocycles. The average molecular weight is 740 g/mol. The Bertz CT molecular complexity index is 2450. The SMILES string of the molecule is CCCCOc1ccc(C2(c3ccc(OC)cc3)C=Cc3c4c(c5cc(-c6ccc(NC=O)cc6)ccc5c3O2)-c2ccc(C(F)(F)F)cc2C4(C)C)cc1. The number of ether oxygens (including phenoxy) is 3. The average Bonchev–Trinajstić information content (AvgIpc) is 3.44. The van der Waals surface area contributed by atoms with Crippen molar-refractivity contribution >= 4 is 28.9 Å². The molecule has 2 aliphatic rings. The molecule has 0 radical (unpaired) electrons. The van der Waals surface area contributed by atoms with Crippen molar-refractivity contribution in [2.75, 3.05) is 19.0 Å². The summed E-state index contributed by atoms with van der Waals surface area (Å²) in [5.41, 5.74) is 5.73. The maximum atomic E-state index is 14.2. The number of methoxy groups -OCH3 is 1. The van der Waals surface area contributed by atoms with Crippen molar-refractivity contribution in [3.63, 3.8) is 0 Å². The highest BCUT2D eigenvalue weighted by molar-refractivity contribution is 6.09. The molecule has 6 aromatic rings. The zero-order valence-corrected chi connectivity index (χ0v) is 31.0. The first-order valence-electron chi connectivity index (χ1n) is 18.4. The molecule has 5 nitrogen and oxygen atoms in total. The summed E-state index contributed by atoms with van der Waals surface area (Å²) >= 11 is 0. The van der Waals surface area contributed by atoms with E-state index in [1.807, 2.05) is 98.8 Å². The van der Waals surface area contributed by atoms with E-state index in [1.165, 1.54) is 12.1 Å². The van der Waals surface area contributed by atoms with Gasteiger partial charge < -0.3 is 19.5 Å². The van der Waals surface area contributed by atoms with Crippen LogP contribution >= 0.6 is 0 Å². The Morgan fingerprint density at radius 3 is 2.11 bits per heavy atom. The van der Waals surface area contributed by atoms with E-state index in [0.717, 1.165) is 73.9 Å². The number of unbranched alkanes of at least 4 members (excludes halogenated alkanes) is 1. The molecule has 8 rings (SSSR count). The highest BCUT2D eigenvalue weighted by atomic mass is 19.4. The monoisotopic (exact) mass is 739 g/mol. The van der Waals surface area contributed by atoms with Gasteiger partial charge in [-0.25, -0.2) is 0 Å². The van der Waals surface area contributed by atoms with Gasteiger partial charge in [0.2, 0.25) is 6.41 Å². The zero-order chi connectivity index (χ0) is 38.5. The number of nitrogens with one attached hydrogen (secondary N) is 1. The van der Waals surface area contributed by atoms with E-state index < -0.39 is 22.8 Å². The number of hydrogen-bond acceptors (Lipinski definition) is 4. The van der Waals surface area contributed by atoms with E-state index in [1.54, 1.807) is 13.2 Å². The van der Waals surface area contributed by atoms with Gasteiger partial charge in [0.15, 0.2) is 5.60 Å². The standard InChI is InChI=1S/C47H40F3NO4/c1-5-6-25-54-36-19-12-32(13-20-36)46(31-10-17-35(53-4)18-11-31)24-23-39-43-42(38-22-14-33(47(48,49)50)27-41(38)45(43,2)3)40-26-30(9-21-37(40)44(39)55-46)29-7-15-34(16-8-29)51-28-52/h7-24,26-28H,5-6,25H2,1-4H3,(H,51,52). The quantitative estimate of drug-likeness (QED) is 0.112. The first kappa shape index (κ1) is 36.0. The fraction of sp³-hybridized carbons (Fsp3) is 0.213. The summed E-state index contributed by atoms with van der Waals surface area (Å²) in [5, 5.41) is 4.38. The molecule has 1 aliphatic heterocycles. The maximum Gasteiger partial charge on any atom is 0.416 e. The van der Waals surface area contributed by atoms with Crippen molar-refractivity contribution in [1.82, 2.24) is 0 Å². The molecule has 278 valence electrons. The summed E-state index contributed by atoms with van der Waals surface area (Å²) in [4.78, 5) is 11.0. The Balaban J connectivity index is 1.37. The molecule has 1 heterocycles. The molecule has 1 unspecified atom stereocenters. The molecule has 0 fully saturated rings. The van der Waals surface area contributed by atoms with E-state index in [9.17, 15) is 18.0 Å². The Hall–Kier alpha value is -6.02. The van der Waals surface area contributed by atoms with Crippen LogP contribution in [0.15, 0.2) is 115 Å². The number of fused-ring (bicyclic) bond motifs is 8. The van der Waals surface area contributed by atoms with E-state index in [-0.39, 0.29) is 0 Å². The molecule has 0 saturated heterocycles. The Labute approximate surface area is 318 Å². The van der Waals surface area contributed by atoms with Crippen molar-refractivity contribution < 1.29 is 32.2 Å². The molecular weight excluding hydrogens is 700 g/mol. The Morgan fingerprint density at radius 1 is 0.800 bits per heavy atom. The van der Waals surface area contributed by atoms with Crippen LogP contribution in [0.4, 0.5) is 18.9 Å². The third kappa shape index (κ3) is 6.10. The highest BCUT2D eigenvalue weighted by Crippen LogP contribution is 2.59. The van der Waals surface area contributed by atoms with Gasteiger partial charge in [-0.05, 0) is 112 Å². The Morgan fingerprint density at radius 2 is 1.47 bits per heavy atom. The molecule has 0 spiro atoms. The predicted molar refractivity (Wildman–Crippen MR) is 212 cm³/mol. The predicted octanol–water partition coefficient (Wildman–Crippen LogP) is 11.9. The van der Waals surface area contributed by atoms with E-state index in [2.05, 4.69) is 30.5 Å². The summed E-state index contributed by atoms with van der Waals surface area (Å²) in [5.74, 6) is 2.12. The summed E-state index contributed by atoms with van der Waals surface area (Å²) < 4.78 is 61.4. The van der Waals surface area contributed by atoms with Crippen molar-refractivity contribution in [2.45, 2.75) is 50.8 Å². The van der Waals surface area contributed by atoms with Gasteiger partial charge in [0.1, 0.15) is 17.2 Å². The molecule has 1 atom stereocenters. The van der Waals surface area contributed by atoms with Crippen LogP contribution < -0.4 is 19.5 Å². The molecule has 8 heteroatoms.